The van der Waals surface area contributed by atoms with Gasteiger partial charge in [-0.15, -0.1) is 0 Å². The minimum Gasteiger partial charge on any atom is -0.490 e. The topological polar surface area (TPSA) is 43.6 Å². The number of furan rings is 1. The molecule has 3 rings (SSSR count). The van der Waals surface area contributed by atoms with E-state index in [2.05, 4.69) is 5.32 Å². The first-order valence-corrected chi connectivity index (χ1v) is 9.88. The van der Waals surface area contributed by atoms with Gasteiger partial charge >= 0.3 is 0 Å². The average Bonchev–Trinajstić information content (AvgIpc) is 3.20. The van der Waals surface area contributed by atoms with Crippen LogP contribution in [0.3, 0.4) is 0 Å². The molecular formula is C21H19Cl2NO3S. The Kier molecular flexibility index (Phi) is 7.20. The number of halogens is 2. The summed E-state index contributed by atoms with van der Waals surface area (Å²) in [5, 5.41) is 4.29. The monoisotopic (exact) mass is 435 g/mol. The van der Waals surface area contributed by atoms with E-state index in [0.717, 1.165) is 16.9 Å². The zero-order valence-corrected chi connectivity index (χ0v) is 17.5. The highest BCUT2D eigenvalue weighted by Crippen LogP contribution is 2.31. The van der Waals surface area contributed by atoms with Gasteiger partial charge in [0, 0.05) is 21.2 Å². The second kappa shape index (κ2) is 9.82. The number of hydrogen-bond acceptors (Lipinski definition) is 4. The van der Waals surface area contributed by atoms with E-state index < -0.39 is 0 Å². The third-order valence-electron chi connectivity index (χ3n) is 3.94. The molecule has 4 nitrogen and oxygen atoms in total. The second-order valence-corrected chi connectivity index (χ2v) is 7.07. The highest BCUT2D eigenvalue weighted by Gasteiger charge is 2.12. The van der Waals surface area contributed by atoms with Crippen LogP contribution in [0.1, 0.15) is 23.8 Å². The van der Waals surface area contributed by atoms with Crippen LogP contribution in [0, 0.1) is 0 Å². The Labute approximate surface area is 179 Å². The van der Waals surface area contributed by atoms with Crippen LogP contribution in [0.2, 0.25) is 10.0 Å². The highest BCUT2D eigenvalue weighted by atomic mass is 35.5. The van der Waals surface area contributed by atoms with Crippen LogP contribution in [0.15, 0.2) is 59.2 Å². The van der Waals surface area contributed by atoms with Gasteiger partial charge in [-0.05, 0) is 49.4 Å². The van der Waals surface area contributed by atoms with Crippen molar-refractivity contribution in [3.8, 4) is 11.5 Å². The lowest BCUT2D eigenvalue weighted by molar-refractivity contribution is 0.269. The molecule has 0 aliphatic heterocycles. The fraction of sp³-hybridized carbons (Fsp3) is 0.190. The Morgan fingerprint density at radius 1 is 1.04 bits per heavy atom. The van der Waals surface area contributed by atoms with Crippen molar-refractivity contribution in [2.45, 2.75) is 20.1 Å². The molecule has 28 heavy (non-hydrogen) atoms. The van der Waals surface area contributed by atoms with E-state index in [1.165, 1.54) is 0 Å². The Morgan fingerprint density at radius 2 is 1.82 bits per heavy atom. The highest BCUT2D eigenvalue weighted by molar-refractivity contribution is 7.80. The summed E-state index contributed by atoms with van der Waals surface area (Å²) in [4.78, 5) is 0.595. The van der Waals surface area contributed by atoms with Gasteiger partial charge in [-0.2, -0.15) is 0 Å². The van der Waals surface area contributed by atoms with Crippen molar-refractivity contribution in [2.24, 2.45) is 0 Å². The molecule has 0 bridgehead atoms. The molecule has 2 aromatic carbocycles. The largest absolute Gasteiger partial charge is 0.490 e. The van der Waals surface area contributed by atoms with E-state index in [1.807, 2.05) is 37.3 Å². The third kappa shape index (κ3) is 5.19. The molecule has 0 atom stereocenters. The molecule has 0 amide bonds. The normalized spacial score (nSPS) is 10.5. The van der Waals surface area contributed by atoms with E-state index in [0.29, 0.717) is 39.7 Å². The zero-order chi connectivity index (χ0) is 19.9. The van der Waals surface area contributed by atoms with E-state index in [9.17, 15) is 0 Å². The number of nitrogens with one attached hydrogen (secondary N) is 1. The van der Waals surface area contributed by atoms with E-state index in [4.69, 9.17) is 49.3 Å². The molecule has 1 heterocycles. The maximum absolute atomic E-state index is 6.21. The zero-order valence-electron chi connectivity index (χ0n) is 15.2. The van der Waals surface area contributed by atoms with Gasteiger partial charge in [0.15, 0.2) is 11.5 Å². The predicted molar refractivity (Wildman–Crippen MR) is 116 cm³/mol. The number of ether oxygens (including phenoxy) is 2. The van der Waals surface area contributed by atoms with Crippen LogP contribution in [-0.2, 0) is 13.2 Å². The standard InChI is InChI=1S/C21H19Cl2NO3S/c1-2-25-20-11-14(21(28)24-12-15-5-4-10-26-15)8-9-19(20)27-13-16-17(22)6-3-7-18(16)23/h3-11H,2,12-13H2,1H3,(H,24,28). The quantitative estimate of drug-likeness (QED) is 0.437. The lowest BCUT2D eigenvalue weighted by Gasteiger charge is -2.15. The Hall–Kier alpha value is -2.21. The predicted octanol–water partition coefficient (Wildman–Crippen LogP) is 6.03. The minimum atomic E-state index is 0.235. The van der Waals surface area contributed by atoms with Crippen molar-refractivity contribution in [1.29, 1.82) is 0 Å². The van der Waals surface area contributed by atoms with Crippen molar-refractivity contribution in [3.05, 3.63) is 81.7 Å². The minimum absolute atomic E-state index is 0.235. The van der Waals surface area contributed by atoms with Gasteiger partial charge in [0.1, 0.15) is 17.4 Å². The second-order valence-electron chi connectivity index (χ2n) is 5.85. The third-order valence-corrected chi connectivity index (χ3v) is 5.03. The van der Waals surface area contributed by atoms with Crippen LogP contribution in [-0.4, -0.2) is 11.6 Å². The van der Waals surface area contributed by atoms with Gasteiger partial charge in [-0.1, -0.05) is 41.5 Å². The van der Waals surface area contributed by atoms with Crippen molar-refractivity contribution in [3.63, 3.8) is 0 Å². The number of benzene rings is 2. The summed E-state index contributed by atoms with van der Waals surface area (Å²) in [7, 11) is 0. The molecule has 0 radical (unpaired) electrons. The summed E-state index contributed by atoms with van der Waals surface area (Å²) in [5.41, 5.74) is 1.56. The lowest BCUT2D eigenvalue weighted by Crippen LogP contribution is -2.21. The van der Waals surface area contributed by atoms with Crippen LogP contribution < -0.4 is 14.8 Å². The maximum atomic E-state index is 6.21. The van der Waals surface area contributed by atoms with E-state index in [1.54, 1.807) is 24.5 Å². The summed E-state index contributed by atoms with van der Waals surface area (Å²) >= 11 is 17.9. The molecule has 0 saturated heterocycles. The van der Waals surface area contributed by atoms with Gasteiger partial charge in [-0.3, -0.25) is 0 Å². The van der Waals surface area contributed by atoms with Crippen molar-refractivity contribution < 1.29 is 13.9 Å². The molecule has 0 fully saturated rings. The SMILES string of the molecule is CCOc1cc(C(=S)NCc2ccco2)ccc1OCc1c(Cl)cccc1Cl. The van der Waals surface area contributed by atoms with Gasteiger partial charge in [0.25, 0.3) is 0 Å². The summed E-state index contributed by atoms with van der Waals surface area (Å²) in [5.74, 6) is 2.00. The molecule has 146 valence electrons. The summed E-state index contributed by atoms with van der Waals surface area (Å²) in [6, 6.07) is 14.6. The molecule has 0 spiro atoms. The first kappa shape index (κ1) is 20.5. The van der Waals surface area contributed by atoms with Gasteiger partial charge < -0.3 is 19.2 Å². The first-order chi connectivity index (χ1) is 13.6. The van der Waals surface area contributed by atoms with Crippen molar-refractivity contribution in [2.75, 3.05) is 6.61 Å². The first-order valence-electron chi connectivity index (χ1n) is 8.71. The van der Waals surface area contributed by atoms with Crippen molar-refractivity contribution >= 4 is 40.4 Å². The molecule has 0 unspecified atom stereocenters. The molecule has 7 heteroatoms. The molecule has 1 aromatic heterocycles. The Bertz CT molecular complexity index is 925. The molecule has 0 aliphatic carbocycles. The molecule has 1 N–H and O–H groups in total. The smallest absolute Gasteiger partial charge is 0.161 e. The van der Waals surface area contributed by atoms with Crippen LogP contribution in [0.25, 0.3) is 0 Å². The van der Waals surface area contributed by atoms with Gasteiger partial charge in [0.05, 0.1) is 19.4 Å². The fourth-order valence-electron chi connectivity index (χ4n) is 2.54. The molecule has 3 aromatic rings. The van der Waals surface area contributed by atoms with E-state index >= 15 is 0 Å². The summed E-state index contributed by atoms with van der Waals surface area (Å²) in [6.07, 6.45) is 1.63. The summed E-state index contributed by atoms with van der Waals surface area (Å²) in [6.45, 7) is 3.16. The van der Waals surface area contributed by atoms with Crippen LogP contribution >= 0.6 is 35.4 Å². The maximum Gasteiger partial charge on any atom is 0.161 e. The Morgan fingerprint density at radius 3 is 2.50 bits per heavy atom. The van der Waals surface area contributed by atoms with Gasteiger partial charge in [-0.25, -0.2) is 0 Å². The van der Waals surface area contributed by atoms with Crippen LogP contribution in [0.5, 0.6) is 11.5 Å². The average molecular weight is 436 g/mol. The van der Waals surface area contributed by atoms with Gasteiger partial charge in [0.2, 0.25) is 0 Å². The molecule has 0 aliphatic rings. The van der Waals surface area contributed by atoms with Crippen LogP contribution in [0.4, 0.5) is 0 Å². The molecule has 0 saturated carbocycles. The van der Waals surface area contributed by atoms with Crippen molar-refractivity contribution in [1.82, 2.24) is 5.32 Å². The Balaban J connectivity index is 1.72. The van der Waals surface area contributed by atoms with E-state index in [-0.39, 0.29) is 6.61 Å². The summed E-state index contributed by atoms with van der Waals surface area (Å²) < 4.78 is 17.0. The lowest BCUT2D eigenvalue weighted by atomic mass is 10.2. The fourth-order valence-corrected chi connectivity index (χ4v) is 3.25. The molecular weight excluding hydrogens is 417 g/mol. The number of thiocarbonyl (C=S) groups is 1. The number of hydrogen-bond donors (Lipinski definition) is 1. The number of rotatable bonds is 8.